The average Bonchev–Trinajstić information content (AvgIpc) is 3.21. The maximum atomic E-state index is 12.6. The Kier molecular flexibility index (Phi) is 4.24. The van der Waals surface area contributed by atoms with Gasteiger partial charge in [0.2, 0.25) is 17.6 Å². The summed E-state index contributed by atoms with van der Waals surface area (Å²) >= 11 is 0. The third-order valence-corrected chi connectivity index (χ3v) is 4.76. The molecule has 8 heteroatoms. The number of likely N-dealkylation sites (tertiary alicyclic amines) is 1. The van der Waals surface area contributed by atoms with Gasteiger partial charge in [-0.15, -0.1) is 0 Å². The minimum atomic E-state index is -0.148. The van der Waals surface area contributed by atoms with E-state index < -0.39 is 0 Å². The molecule has 0 saturated carbocycles. The Bertz CT molecular complexity index is 899. The van der Waals surface area contributed by atoms with E-state index in [1.807, 2.05) is 26.0 Å². The molecule has 3 aromatic rings. The van der Waals surface area contributed by atoms with Gasteiger partial charge in [-0.3, -0.25) is 9.78 Å². The minimum absolute atomic E-state index is 0.0716. The second-order valence-corrected chi connectivity index (χ2v) is 6.39. The Labute approximate surface area is 150 Å². The van der Waals surface area contributed by atoms with Crippen LogP contribution in [0.3, 0.4) is 0 Å². The quantitative estimate of drug-likeness (QED) is 0.695. The lowest BCUT2D eigenvalue weighted by atomic mass is 10.0. The highest BCUT2D eigenvalue weighted by molar-refractivity contribution is 5.77. The van der Waals surface area contributed by atoms with E-state index in [0.29, 0.717) is 31.1 Å². The third kappa shape index (κ3) is 2.98. The zero-order valence-corrected chi connectivity index (χ0v) is 14.7. The zero-order chi connectivity index (χ0) is 18.1. The van der Waals surface area contributed by atoms with Crippen molar-refractivity contribution in [2.75, 3.05) is 6.54 Å². The summed E-state index contributed by atoms with van der Waals surface area (Å²) in [6.07, 6.45) is 5.22. The van der Waals surface area contributed by atoms with Gasteiger partial charge in [-0.2, -0.15) is 4.98 Å². The highest BCUT2D eigenvalue weighted by atomic mass is 16.5. The summed E-state index contributed by atoms with van der Waals surface area (Å²) in [5.74, 6) is 1.81. The number of nitrogens with zero attached hydrogens (tertiary/aromatic N) is 5. The lowest BCUT2D eigenvalue weighted by Crippen LogP contribution is -2.45. The van der Waals surface area contributed by atoms with Crippen LogP contribution in [0.1, 0.15) is 41.8 Å². The first-order valence-corrected chi connectivity index (χ1v) is 8.58. The average molecular weight is 353 g/mol. The molecule has 1 atom stereocenters. The van der Waals surface area contributed by atoms with Gasteiger partial charge in [-0.25, -0.2) is 0 Å². The van der Waals surface area contributed by atoms with Crippen molar-refractivity contribution in [3.8, 4) is 11.4 Å². The van der Waals surface area contributed by atoms with Crippen LogP contribution in [-0.2, 0) is 11.2 Å². The molecule has 4 heterocycles. The van der Waals surface area contributed by atoms with Gasteiger partial charge in [-0.1, -0.05) is 10.3 Å². The van der Waals surface area contributed by atoms with E-state index in [2.05, 4.69) is 20.3 Å². The molecule has 1 fully saturated rings. The van der Waals surface area contributed by atoms with Gasteiger partial charge in [0.25, 0.3) is 0 Å². The topological polar surface area (TPSA) is 98.2 Å². The number of hydrogen-bond donors (Lipinski definition) is 0. The highest BCUT2D eigenvalue weighted by Gasteiger charge is 2.37. The maximum Gasteiger partial charge on any atom is 0.249 e. The first kappa shape index (κ1) is 16.4. The summed E-state index contributed by atoms with van der Waals surface area (Å²) < 4.78 is 10.5. The molecule has 0 bridgehead atoms. The van der Waals surface area contributed by atoms with Gasteiger partial charge in [0.1, 0.15) is 11.8 Å². The fraction of sp³-hybridized carbons (Fsp3) is 0.389. The lowest BCUT2D eigenvalue weighted by Gasteiger charge is -2.38. The first-order valence-electron chi connectivity index (χ1n) is 8.58. The van der Waals surface area contributed by atoms with Gasteiger partial charge < -0.3 is 13.9 Å². The second-order valence-electron chi connectivity index (χ2n) is 6.39. The molecule has 1 unspecified atom stereocenters. The van der Waals surface area contributed by atoms with Gasteiger partial charge in [0.15, 0.2) is 0 Å². The number of rotatable bonds is 5. The predicted molar refractivity (Wildman–Crippen MR) is 90.9 cm³/mol. The smallest absolute Gasteiger partial charge is 0.249 e. The second kappa shape index (κ2) is 6.70. The largest absolute Gasteiger partial charge is 0.361 e. The van der Waals surface area contributed by atoms with Gasteiger partial charge in [0.05, 0.1) is 5.69 Å². The maximum absolute atomic E-state index is 12.6. The first-order chi connectivity index (χ1) is 12.6. The van der Waals surface area contributed by atoms with E-state index in [1.54, 1.807) is 17.3 Å². The van der Waals surface area contributed by atoms with Crippen molar-refractivity contribution in [1.29, 1.82) is 0 Å². The van der Waals surface area contributed by atoms with E-state index in [1.165, 1.54) is 0 Å². The molecule has 1 amide bonds. The van der Waals surface area contributed by atoms with Crippen LogP contribution in [0, 0.1) is 13.8 Å². The summed E-state index contributed by atoms with van der Waals surface area (Å²) in [6, 6.07) is 3.54. The number of aromatic nitrogens is 4. The fourth-order valence-electron chi connectivity index (χ4n) is 3.16. The Balaban J connectivity index is 1.41. The van der Waals surface area contributed by atoms with E-state index in [-0.39, 0.29) is 11.9 Å². The van der Waals surface area contributed by atoms with Crippen molar-refractivity contribution in [3.05, 3.63) is 47.4 Å². The monoisotopic (exact) mass is 353 g/mol. The predicted octanol–water partition coefficient (Wildman–Crippen LogP) is 2.64. The Morgan fingerprint density at radius 3 is 2.85 bits per heavy atom. The Hall–Kier alpha value is -3.03. The zero-order valence-electron chi connectivity index (χ0n) is 14.7. The number of pyridine rings is 1. The molecule has 1 aliphatic heterocycles. The normalized spacial score (nSPS) is 16.5. The van der Waals surface area contributed by atoms with Crippen LogP contribution in [0.4, 0.5) is 0 Å². The van der Waals surface area contributed by atoms with Gasteiger partial charge in [0, 0.05) is 36.5 Å². The van der Waals surface area contributed by atoms with Crippen molar-refractivity contribution in [2.24, 2.45) is 0 Å². The molecule has 8 nitrogen and oxygen atoms in total. The SMILES string of the molecule is Cc1noc(C)c1CCC(=O)N1CCC1c1nc(-c2cccnc2)no1. The Morgan fingerprint density at radius 1 is 1.31 bits per heavy atom. The number of carbonyl (C=O) groups is 1. The van der Waals surface area contributed by atoms with Crippen molar-refractivity contribution in [1.82, 2.24) is 25.2 Å². The van der Waals surface area contributed by atoms with Crippen LogP contribution < -0.4 is 0 Å². The van der Waals surface area contributed by atoms with Crippen molar-refractivity contribution in [2.45, 2.75) is 39.2 Å². The molecule has 3 aromatic heterocycles. The van der Waals surface area contributed by atoms with Crippen LogP contribution in [0.15, 0.2) is 33.6 Å². The van der Waals surface area contributed by atoms with Crippen LogP contribution in [0.5, 0.6) is 0 Å². The summed E-state index contributed by atoms with van der Waals surface area (Å²) in [5.41, 5.74) is 2.64. The number of hydrogen-bond acceptors (Lipinski definition) is 7. The molecule has 0 radical (unpaired) electrons. The standard InChI is InChI=1S/C18H19N5O3/c1-11-14(12(2)25-21-11)5-6-16(24)23-9-7-15(23)18-20-17(22-26-18)13-4-3-8-19-10-13/h3-4,8,10,15H,5-7,9H2,1-2H3. The number of amides is 1. The van der Waals surface area contributed by atoms with Crippen LogP contribution in [-0.4, -0.2) is 37.6 Å². The molecule has 134 valence electrons. The van der Waals surface area contributed by atoms with Crippen LogP contribution in [0.25, 0.3) is 11.4 Å². The summed E-state index contributed by atoms with van der Waals surface area (Å²) in [5, 5.41) is 7.94. The minimum Gasteiger partial charge on any atom is -0.361 e. The number of aryl methyl sites for hydroxylation is 2. The third-order valence-electron chi connectivity index (χ3n) is 4.76. The molecule has 1 aliphatic rings. The Morgan fingerprint density at radius 2 is 2.19 bits per heavy atom. The molecule has 26 heavy (non-hydrogen) atoms. The van der Waals surface area contributed by atoms with Gasteiger partial charge >= 0.3 is 0 Å². The number of carbonyl (C=O) groups excluding carboxylic acids is 1. The van der Waals surface area contributed by atoms with E-state index >= 15 is 0 Å². The molecule has 0 aliphatic carbocycles. The van der Waals surface area contributed by atoms with Crippen LogP contribution in [0.2, 0.25) is 0 Å². The molecule has 0 aromatic carbocycles. The van der Waals surface area contributed by atoms with Crippen molar-refractivity contribution >= 4 is 5.91 Å². The van der Waals surface area contributed by atoms with Crippen molar-refractivity contribution in [3.63, 3.8) is 0 Å². The van der Waals surface area contributed by atoms with E-state index in [4.69, 9.17) is 9.05 Å². The molecule has 1 saturated heterocycles. The molecular weight excluding hydrogens is 334 g/mol. The lowest BCUT2D eigenvalue weighted by molar-refractivity contribution is -0.140. The fourth-order valence-corrected chi connectivity index (χ4v) is 3.16. The van der Waals surface area contributed by atoms with E-state index in [0.717, 1.165) is 29.0 Å². The van der Waals surface area contributed by atoms with Crippen LogP contribution >= 0.6 is 0 Å². The molecular formula is C18H19N5O3. The summed E-state index contributed by atoms with van der Waals surface area (Å²) in [7, 11) is 0. The van der Waals surface area contributed by atoms with E-state index in [9.17, 15) is 4.79 Å². The summed E-state index contributed by atoms with van der Waals surface area (Å²) in [4.78, 5) is 22.9. The van der Waals surface area contributed by atoms with Crippen molar-refractivity contribution < 1.29 is 13.8 Å². The summed E-state index contributed by atoms with van der Waals surface area (Å²) in [6.45, 7) is 4.46. The molecule has 0 N–H and O–H groups in total. The molecule has 0 spiro atoms. The molecule has 4 rings (SSSR count). The highest BCUT2D eigenvalue weighted by Crippen LogP contribution is 2.34. The van der Waals surface area contributed by atoms with Gasteiger partial charge in [-0.05, 0) is 38.8 Å².